The van der Waals surface area contributed by atoms with Gasteiger partial charge in [-0.1, -0.05) is 20.8 Å². The van der Waals surface area contributed by atoms with Crippen LogP contribution >= 0.6 is 11.8 Å². The van der Waals surface area contributed by atoms with Gasteiger partial charge in [-0.2, -0.15) is 11.8 Å². The predicted molar refractivity (Wildman–Crippen MR) is 92.5 cm³/mol. The summed E-state index contributed by atoms with van der Waals surface area (Å²) >= 11 is 1.60. The Labute approximate surface area is 146 Å². The molecule has 0 aliphatic carbocycles. The molecule has 7 nitrogen and oxygen atoms in total. The van der Waals surface area contributed by atoms with Crippen molar-refractivity contribution in [3.63, 3.8) is 0 Å². The van der Waals surface area contributed by atoms with E-state index in [4.69, 9.17) is 14.3 Å². The van der Waals surface area contributed by atoms with E-state index in [1.54, 1.807) is 32.5 Å². The van der Waals surface area contributed by atoms with Crippen molar-refractivity contribution in [1.29, 1.82) is 0 Å². The SMILES string of the molecule is Cc1oc([C@H](CSC(C)(C)C)NC(=O)OC(C)(C)C)nc1C(=O)O. The third-order valence-corrected chi connectivity index (χ3v) is 4.05. The van der Waals surface area contributed by atoms with Crippen molar-refractivity contribution in [2.45, 2.75) is 64.9 Å². The van der Waals surface area contributed by atoms with Crippen molar-refractivity contribution in [2.75, 3.05) is 5.75 Å². The van der Waals surface area contributed by atoms with Crippen molar-refractivity contribution in [2.24, 2.45) is 0 Å². The second kappa shape index (κ2) is 7.46. The summed E-state index contributed by atoms with van der Waals surface area (Å²) in [6, 6.07) is -0.587. The minimum Gasteiger partial charge on any atom is -0.476 e. The van der Waals surface area contributed by atoms with Crippen molar-refractivity contribution >= 4 is 23.8 Å². The molecule has 1 atom stereocenters. The fourth-order valence-corrected chi connectivity index (χ4v) is 2.61. The van der Waals surface area contributed by atoms with E-state index in [-0.39, 0.29) is 22.1 Å². The molecule has 0 aliphatic rings. The average Bonchev–Trinajstić information content (AvgIpc) is 2.73. The molecule has 1 aromatic rings. The second-order valence-electron chi connectivity index (χ2n) is 7.38. The maximum Gasteiger partial charge on any atom is 0.408 e. The summed E-state index contributed by atoms with van der Waals surface area (Å²) in [5.74, 6) is -0.328. The lowest BCUT2D eigenvalue weighted by Crippen LogP contribution is -2.36. The first-order valence-corrected chi connectivity index (χ1v) is 8.61. The Kier molecular flexibility index (Phi) is 6.32. The molecule has 0 saturated carbocycles. The standard InChI is InChI=1S/C16H26N2O5S/c1-9-11(13(19)20)18-12(22-9)10(8-24-16(5,6)7)17-14(21)23-15(2,3)4/h10H,8H2,1-7H3,(H,17,21)(H,19,20)/t10-/m0/s1. The first-order valence-electron chi connectivity index (χ1n) is 7.62. The van der Waals surface area contributed by atoms with Gasteiger partial charge < -0.3 is 19.6 Å². The summed E-state index contributed by atoms with van der Waals surface area (Å²) in [5, 5.41) is 11.8. The van der Waals surface area contributed by atoms with Gasteiger partial charge in [-0.05, 0) is 27.7 Å². The van der Waals surface area contributed by atoms with Crippen LogP contribution in [0.3, 0.4) is 0 Å². The molecule has 1 heterocycles. The van der Waals surface area contributed by atoms with Gasteiger partial charge in [0.2, 0.25) is 5.89 Å². The van der Waals surface area contributed by atoms with Crippen LogP contribution in [0.5, 0.6) is 0 Å². The molecule has 0 saturated heterocycles. The van der Waals surface area contributed by atoms with Gasteiger partial charge in [0, 0.05) is 10.5 Å². The zero-order valence-corrected chi connectivity index (χ0v) is 16.0. The lowest BCUT2D eigenvalue weighted by molar-refractivity contribution is 0.0501. The number of carboxylic acid groups (broad SMARTS) is 1. The van der Waals surface area contributed by atoms with E-state index in [1.807, 2.05) is 20.8 Å². The van der Waals surface area contributed by atoms with Gasteiger partial charge in [-0.15, -0.1) is 0 Å². The van der Waals surface area contributed by atoms with Gasteiger partial charge in [0.05, 0.1) is 0 Å². The van der Waals surface area contributed by atoms with Gasteiger partial charge in [-0.25, -0.2) is 14.6 Å². The Morgan fingerprint density at radius 3 is 2.29 bits per heavy atom. The number of hydrogen-bond donors (Lipinski definition) is 2. The number of carbonyl (C=O) groups is 2. The minimum atomic E-state index is -1.16. The molecule has 1 aromatic heterocycles. The van der Waals surface area contributed by atoms with Gasteiger partial charge in [0.1, 0.15) is 17.4 Å². The third kappa shape index (κ3) is 6.82. The molecule has 0 bridgehead atoms. The average molecular weight is 358 g/mol. The molecule has 0 aromatic carbocycles. The van der Waals surface area contributed by atoms with Gasteiger partial charge in [0.25, 0.3) is 0 Å². The molecular formula is C16H26N2O5S. The third-order valence-electron chi connectivity index (χ3n) is 2.69. The maximum absolute atomic E-state index is 12.1. The normalized spacial score (nSPS) is 13.5. The number of aromatic carboxylic acids is 1. The number of nitrogens with one attached hydrogen (secondary N) is 1. The number of carboxylic acids is 1. The summed E-state index contributed by atoms with van der Waals surface area (Å²) in [6.45, 7) is 13.0. The van der Waals surface area contributed by atoms with Crippen molar-refractivity contribution in [3.8, 4) is 0 Å². The maximum atomic E-state index is 12.1. The molecule has 136 valence electrons. The number of nitrogens with zero attached hydrogens (tertiary/aromatic N) is 1. The Morgan fingerprint density at radius 1 is 1.29 bits per heavy atom. The van der Waals surface area contributed by atoms with Crippen molar-refractivity contribution < 1.29 is 23.8 Å². The van der Waals surface area contributed by atoms with Crippen LogP contribution < -0.4 is 5.32 Å². The highest BCUT2D eigenvalue weighted by molar-refractivity contribution is 8.00. The van der Waals surface area contributed by atoms with Crippen LogP contribution in [0.2, 0.25) is 0 Å². The number of aryl methyl sites for hydroxylation is 1. The van der Waals surface area contributed by atoms with E-state index in [2.05, 4.69) is 10.3 Å². The number of aromatic nitrogens is 1. The molecule has 0 aliphatic heterocycles. The van der Waals surface area contributed by atoms with Crippen molar-refractivity contribution in [3.05, 3.63) is 17.3 Å². The van der Waals surface area contributed by atoms with Crippen LogP contribution in [0.1, 0.15) is 69.7 Å². The van der Waals surface area contributed by atoms with Crippen molar-refractivity contribution in [1.82, 2.24) is 10.3 Å². The van der Waals surface area contributed by atoms with Crippen LogP contribution in [0.25, 0.3) is 0 Å². The number of amides is 1. The van der Waals surface area contributed by atoms with Crippen LogP contribution in [0, 0.1) is 6.92 Å². The zero-order valence-electron chi connectivity index (χ0n) is 15.2. The molecule has 0 spiro atoms. The van der Waals surface area contributed by atoms with E-state index >= 15 is 0 Å². The fraction of sp³-hybridized carbons (Fsp3) is 0.688. The number of hydrogen-bond acceptors (Lipinski definition) is 6. The fourth-order valence-electron chi connectivity index (χ4n) is 1.72. The molecule has 0 fully saturated rings. The van der Waals surface area contributed by atoms with Crippen LogP contribution in [-0.2, 0) is 4.74 Å². The second-order valence-corrected chi connectivity index (χ2v) is 9.23. The summed E-state index contributed by atoms with van der Waals surface area (Å²) in [6.07, 6.45) is -0.602. The first kappa shape index (κ1) is 20.3. The smallest absolute Gasteiger partial charge is 0.408 e. The van der Waals surface area contributed by atoms with E-state index in [1.165, 1.54) is 6.92 Å². The number of oxazole rings is 1. The zero-order chi connectivity index (χ0) is 18.7. The first-order chi connectivity index (χ1) is 10.8. The van der Waals surface area contributed by atoms with E-state index in [9.17, 15) is 9.59 Å². The van der Waals surface area contributed by atoms with E-state index < -0.39 is 23.7 Å². The Balaban J connectivity index is 2.98. The number of rotatable bonds is 5. The van der Waals surface area contributed by atoms with Crippen LogP contribution in [-0.4, -0.2) is 38.3 Å². The van der Waals surface area contributed by atoms with Gasteiger partial charge >= 0.3 is 12.1 Å². The number of carbonyl (C=O) groups excluding carboxylic acids is 1. The van der Waals surface area contributed by atoms with Gasteiger partial charge in [0.15, 0.2) is 5.69 Å². The topological polar surface area (TPSA) is 102 Å². The highest BCUT2D eigenvalue weighted by atomic mass is 32.2. The Hall–Kier alpha value is -1.70. The molecule has 0 radical (unpaired) electrons. The van der Waals surface area contributed by atoms with E-state index in [0.29, 0.717) is 5.75 Å². The lowest BCUT2D eigenvalue weighted by atomic mass is 10.2. The molecule has 8 heteroatoms. The van der Waals surface area contributed by atoms with Crippen LogP contribution in [0.15, 0.2) is 4.42 Å². The number of ether oxygens (including phenoxy) is 1. The molecule has 2 N–H and O–H groups in total. The van der Waals surface area contributed by atoms with E-state index in [0.717, 1.165) is 0 Å². The Bertz CT molecular complexity index is 599. The molecular weight excluding hydrogens is 332 g/mol. The predicted octanol–water partition coefficient (Wildman–Crippen LogP) is 3.78. The highest BCUT2D eigenvalue weighted by Gasteiger charge is 2.28. The lowest BCUT2D eigenvalue weighted by Gasteiger charge is -2.24. The number of thioether (sulfide) groups is 1. The summed E-state index contributed by atoms with van der Waals surface area (Å²) in [4.78, 5) is 27.2. The van der Waals surface area contributed by atoms with Gasteiger partial charge in [-0.3, -0.25) is 0 Å². The largest absolute Gasteiger partial charge is 0.476 e. The molecule has 0 unspecified atom stereocenters. The summed E-state index contributed by atoms with van der Waals surface area (Å²) in [5.41, 5.74) is -0.786. The molecule has 24 heavy (non-hydrogen) atoms. The summed E-state index contributed by atoms with van der Waals surface area (Å²) in [7, 11) is 0. The molecule has 1 amide bonds. The minimum absolute atomic E-state index is 0.0366. The van der Waals surface area contributed by atoms with Crippen LogP contribution in [0.4, 0.5) is 4.79 Å². The Morgan fingerprint density at radius 2 is 1.88 bits per heavy atom. The highest BCUT2D eigenvalue weighted by Crippen LogP contribution is 2.29. The molecule has 1 rings (SSSR count). The monoisotopic (exact) mass is 358 g/mol. The quantitative estimate of drug-likeness (QED) is 0.826. The summed E-state index contributed by atoms with van der Waals surface area (Å²) < 4.78 is 10.7. The number of alkyl carbamates (subject to hydrolysis) is 1.